The lowest BCUT2D eigenvalue weighted by molar-refractivity contribution is -0.125. The zero-order valence-corrected chi connectivity index (χ0v) is 16.5. The Morgan fingerprint density at radius 1 is 1.10 bits per heavy atom. The molecule has 0 saturated carbocycles. The summed E-state index contributed by atoms with van der Waals surface area (Å²) in [5, 5.41) is 5.03. The van der Waals surface area contributed by atoms with Gasteiger partial charge in [-0.05, 0) is 24.6 Å². The number of oxazole rings is 1. The van der Waals surface area contributed by atoms with Gasteiger partial charge in [-0.3, -0.25) is 14.9 Å². The van der Waals surface area contributed by atoms with Crippen molar-refractivity contribution in [1.82, 2.24) is 10.3 Å². The third kappa shape index (κ3) is 5.28. The number of anilines is 1. The number of nitrogens with zero attached hydrogens (tertiary/aromatic N) is 1. The van der Waals surface area contributed by atoms with Crippen LogP contribution >= 0.6 is 0 Å². The molecule has 0 aliphatic rings. The summed E-state index contributed by atoms with van der Waals surface area (Å²) in [7, 11) is 0. The van der Waals surface area contributed by atoms with Gasteiger partial charge in [0, 0.05) is 18.1 Å². The van der Waals surface area contributed by atoms with E-state index >= 15 is 0 Å². The monoisotopic (exact) mass is 413 g/mol. The van der Waals surface area contributed by atoms with Gasteiger partial charge in [-0.15, -0.1) is 0 Å². The molecule has 0 bridgehead atoms. The molecular weight excluding hydrogens is 392 g/mol. The van der Waals surface area contributed by atoms with Crippen LogP contribution in [0.1, 0.15) is 25.2 Å². The Labute approximate surface area is 172 Å². The summed E-state index contributed by atoms with van der Waals surface area (Å²) in [4.78, 5) is 28.9. The van der Waals surface area contributed by atoms with Crippen LogP contribution in [-0.4, -0.2) is 22.8 Å². The molecule has 2 aromatic carbocycles. The first-order chi connectivity index (χ1) is 14.4. The van der Waals surface area contributed by atoms with Crippen LogP contribution in [0.25, 0.3) is 11.3 Å². The predicted molar refractivity (Wildman–Crippen MR) is 108 cm³/mol. The minimum absolute atomic E-state index is 0.0315. The summed E-state index contributed by atoms with van der Waals surface area (Å²) in [5.74, 6) is -1.99. The van der Waals surface area contributed by atoms with Crippen molar-refractivity contribution in [3.63, 3.8) is 0 Å². The van der Waals surface area contributed by atoms with Gasteiger partial charge in [-0.25, -0.2) is 8.78 Å². The van der Waals surface area contributed by atoms with Gasteiger partial charge in [-0.2, -0.15) is 4.98 Å². The number of aryl methyl sites for hydroxylation is 1. The summed E-state index contributed by atoms with van der Waals surface area (Å²) in [6, 6.07) is 11.4. The molecular formula is C22H21F2N3O3. The molecule has 30 heavy (non-hydrogen) atoms. The van der Waals surface area contributed by atoms with Crippen LogP contribution in [0, 0.1) is 11.6 Å². The van der Waals surface area contributed by atoms with Gasteiger partial charge in [-0.1, -0.05) is 37.3 Å². The SMILES string of the molecule is CCc1oc(NC(=O)C(C)NC(=O)Cc2cc(F)cc(F)c2)nc1-c1ccccc1. The lowest BCUT2D eigenvalue weighted by atomic mass is 10.1. The second-order valence-corrected chi connectivity index (χ2v) is 6.74. The maximum absolute atomic E-state index is 13.2. The number of amides is 2. The van der Waals surface area contributed by atoms with Crippen LogP contribution in [0.4, 0.5) is 14.8 Å². The number of carbonyl (C=O) groups is 2. The fraction of sp³-hybridized carbons (Fsp3) is 0.227. The van der Waals surface area contributed by atoms with E-state index in [1.165, 1.54) is 6.92 Å². The molecule has 0 spiro atoms. The fourth-order valence-corrected chi connectivity index (χ4v) is 2.94. The lowest BCUT2D eigenvalue weighted by Crippen LogP contribution is -2.42. The first kappa shape index (κ1) is 21.2. The van der Waals surface area contributed by atoms with Crippen LogP contribution < -0.4 is 10.6 Å². The molecule has 2 amide bonds. The summed E-state index contributed by atoms with van der Waals surface area (Å²) < 4.78 is 32.1. The topological polar surface area (TPSA) is 84.2 Å². The second-order valence-electron chi connectivity index (χ2n) is 6.74. The third-order valence-corrected chi connectivity index (χ3v) is 4.35. The van der Waals surface area contributed by atoms with E-state index in [4.69, 9.17) is 4.42 Å². The smallest absolute Gasteiger partial charge is 0.302 e. The number of halogens is 2. The Morgan fingerprint density at radius 3 is 2.40 bits per heavy atom. The van der Waals surface area contributed by atoms with Gasteiger partial charge in [0.15, 0.2) is 0 Å². The van der Waals surface area contributed by atoms with Crippen LogP contribution in [0.15, 0.2) is 52.9 Å². The maximum atomic E-state index is 13.2. The van der Waals surface area contributed by atoms with Crippen molar-refractivity contribution in [2.75, 3.05) is 5.32 Å². The molecule has 1 aromatic heterocycles. The molecule has 2 N–H and O–H groups in total. The van der Waals surface area contributed by atoms with Crippen molar-refractivity contribution in [3.8, 4) is 11.3 Å². The molecule has 1 atom stereocenters. The highest BCUT2D eigenvalue weighted by molar-refractivity contribution is 5.96. The van der Waals surface area contributed by atoms with Gasteiger partial charge >= 0.3 is 6.01 Å². The van der Waals surface area contributed by atoms with Crippen molar-refractivity contribution >= 4 is 17.8 Å². The summed E-state index contributed by atoms with van der Waals surface area (Å²) >= 11 is 0. The quantitative estimate of drug-likeness (QED) is 0.616. The molecule has 0 fully saturated rings. The first-order valence-corrected chi connectivity index (χ1v) is 9.46. The average molecular weight is 413 g/mol. The second kappa shape index (κ2) is 9.30. The standard InChI is InChI=1S/C22H21F2N3O3/c1-3-18-20(15-7-5-4-6-8-15)26-22(30-18)27-21(29)13(2)25-19(28)11-14-9-16(23)12-17(24)10-14/h4-10,12-13H,3,11H2,1-2H3,(H,25,28)(H,26,27,29). The van der Waals surface area contributed by atoms with E-state index in [0.717, 1.165) is 23.8 Å². The Bertz CT molecular complexity index is 1030. The Balaban J connectivity index is 1.63. The molecule has 0 aliphatic carbocycles. The minimum Gasteiger partial charge on any atom is -0.428 e. The number of aromatic nitrogens is 1. The minimum atomic E-state index is -0.909. The van der Waals surface area contributed by atoms with Crippen molar-refractivity contribution in [3.05, 3.63) is 71.5 Å². The predicted octanol–water partition coefficient (Wildman–Crippen LogP) is 3.87. The molecule has 3 rings (SSSR count). The Hall–Kier alpha value is -3.55. The maximum Gasteiger partial charge on any atom is 0.302 e. The van der Waals surface area contributed by atoms with Crippen molar-refractivity contribution in [1.29, 1.82) is 0 Å². The van der Waals surface area contributed by atoms with E-state index in [0.29, 0.717) is 17.9 Å². The van der Waals surface area contributed by atoms with E-state index in [1.807, 2.05) is 37.3 Å². The van der Waals surface area contributed by atoms with Gasteiger partial charge in [0.2, 0.25) is 11.8 Å². The normalized spacial score (nSPS) is 11.7. The zero-order valence-electron chi connectivity index (χ0n) is 16.5. The first-order valence-electron chi connectivity index (χ1n) is 9.46. The molecule has 0 aliphatic heterocycles. The third-order valence-electron chi connectivity index (χ3n) is 4.35. The Morgan fingerprint density at radius 2 is 1.77 bits per heavy atom. The highest BCUT2D eigenvalue weighted by Gasteiger charge is 2.20. The summed E-state index contributed by atoms with van der Waals surface area (Å²) in [6.07, 6.45) is 0.326. The van der Waals surface area contributed by atoms with Crippen molar-refractivity contribution in [2.45, 2.75) is 32.7 Å². The summed E-state index contributed by atoms with van der Waals surface area (Å²) in [6.45, 7) is 3.40. The van der Waals surface area contributed by atoms with Crippen molar-refractivity contribution < 1.29 is 22.8 Å². The number of carbonyl (C=O) groups excluding carboxylic acids is 2. The van der Waals surface area contributed by atoms with Gasteiger partial charge in [0.1, 0.15) is 29.1 Å². The lowest BCUT2D eigenvalue weighted by Gasteiger charge is -2.12. The zero-order chi connectivity index (χ0) is 21.7. The van der Waals surface area contributed by atoms with E-state index in [9.17, 15) is 18.4 Å². The number of nitrogens with one attached hydrogen (secondary N) is 2. The summed E-state index contributed by atoms with van der Waals surface area (Å²) in [5.41, 5.74) is 1.67. The molecule has 6 nitrogen and oxygen atoms in total. The molecule has 1 unspecified atom stereocenters. The van der Waals surface area contributed by atoms with Crippen LogP contribution in [0.5, 0.6) is 0 Å². The molecule has 3 aromatic rings. The highest BCUT2D eigenvalue weighted by Crippen LogP contribution is 2.26. The molecule has 1 heterocycles. The molecule has 8 heteroatoms. The highest BCUT2D eigenvalue weighted by atomic mass is 19.1. The molecule has 0 radical (unpaired) electrons. The largest absolute Gasteiger partial charge is 0.428 e. The van der Waals surface area contributed by atoms with E-state index < -0.39 is 29.5 Å². The molecule has 156 valence electrons. The van der Waals surface area contributed by atoms with Crippen molar-refractivity contribution in [2.24, 2.45) is 0 Å². The van der Waals surface area contributed by atoms with Gasteiger partial charge < -0.3 is 9.73 Å². The number of hydrogen-bond donors (Lipinski definition) is 2. The van der Waals surface area contributed by atoms with Crippen LogP contribution in [0.3, 0.4) is 0 Å². The number of benzene rings is 2. The van der Waals surface area contributed by atoms with E-state index in [-0.39, 0.29) is 18.0 Å². The Kier molecular flexibility index (Phi) is 6.56. The van der Waals surface area contributed by atoms with Gasteiger partial charge in [0.25, 0.3) is 0 Å². The van der Waals surface area contributed by atoms with E-state index in [1.54, 1.807) is 0 Å². The van der Waals surface area contributed by atoms with Crippen LogP contribution in [0.2, 0.25) is 0 Å². The fourth-order valence-electron chi connectivity index (χ4n) is 2.94. The number of rotatable bonds is 7. The van der Waals surface area contributed by atoms with Gasteiger partial charge in [0.05, 0.1) is 6.42 Å². The molecule has 0 saturated heterocycles. The average Bonchev–Trinajstić information content (AvgIpc) is 3.10. The van der Waals surface area contributed by atoms with E-state index in [2.05, 4.69) is 15.6 Å². The van der Waals surface area contributed by atoms with Crippen LogP contribution in [-0.2, 0) is 22.4 Å². The number of hydrogen-bond acceptors (Lipinski definition) is 4.